The lowest BCUT2D eigenvalue weighted by atomic mass is 10.2. The third-order valence-corrected chi connectivity index (χ3v) is 2.30. The van der Waals surface area contributed by atoms with Gasteiger partial charge in [-0.25, -0.2) is 0 Å². The normalized spacial score (nSPS) is 10.5. The lowest BCUT2D eigenvalue weighted by molar-refractivity contribution is -0.324. The van der Waals surface area contributed by atoms with Gasteiger partial charge in [0.2, 0.25) is 0 Å². The SMILES string of the molecule is CC.CCCCCC.CCCN(C)CCOC(F)(F)F. The Bertz CT molecular complexity index is 160. The minimum atomic E-state index is -4.49. The molecule has 0 heterocycles. The summed E-state index contributed by atoms with van der Waals surface area (Å²) < 4.78 is 38.0. The lowest BCUT2D eigenvalue weighted by Crippen LogP contribution is -2.26. The highest BCUT2D eigenvalue weighted by Crippen LogP contribution is 2.15. The standard InChI is InChI=1S/C7H14F3NO.C6H14.C2H6/c1-3-4-11(2)5-6-12-7(8,9)10;1-3-5-6-4-2;1-2/h3-6H2,1-2H3;3-6H2,1-2H3;1-2H3. The average molecular weight is 301 g/mol. The van der Waals surface area contributed by atoms with Crippen LogP contribution in [0.25, 0.3) is 0 Å². The van der Waals surface area contributed by atoms with E-state index in [1.165, 1.54) is 25.7 Å². The monoisotopic (exact) mass is 301 g/mol. The molecule has 0 spiro atoms. The Morgan fingerprint density at radius 3 is 1.60 bits per heavy atom. The minimum absolute atomic E-state index is 0.292. The zero-order chi connectivity index (χ0) is 16.4. The summed E-state index contributed by atoms with van der Waals surface area (Å²) in [6.45, 7) is 11.3. The second-order valence-electron chi connectivity index (χ2n) is 4.30. The van der Waals surface area contributed by atoms with Crippen LogP contribution in [0.1, 0.15) is 66.7 Å². The Morgan fingerprint density at radius 1 is 0.850 bits per heavy atom. The van der Waals surface area contributed by atoms with Crippen molar-refractivity contribution in [2.75, 3.05) is 26.7 Å². The van der Waals surface area contributed by atoms with Gasteiger partial charge in [0.15, 0.2) is 0 Å². The van der Waals surface area contributed by atoms with Crippen LogP contribution in [0.4, 0.5) is 13.2 Å². The summed E-state index contributed by atoms with van der Waals surface area (Å²) >= 11 is 0. The minimum Gasteiger partial charge on any atom is -0.304 e. The maximum atomic E-state index is 11.5. The van der Waals surface area contributed by atoms with E-state index in [-0.39, 0.29) is 6.61 Å². The molecule has 0 amide bonds. The van der Waals surface area contributed by atoms with Gasteiger partial charge >= 0.3 is 6.36 Å². The Labute approximate surface area is 123 Å². The van der Waals surface area contributed by atoms with Gasteiger partial charge in [-0.1, -0.05) is 60.3 Å². The summed E-state index contributed by atoms with van der Waals surface area (Å²) in [7, 11) is 1.77. The largest absolute Gasteiger partial charge is 0.522 e. The summed E-state index contributed by atoms with van der Waals surface area (Å²) in [6, 6.07) is 0. The van der Waals surface area contributed by atoms with Gasteiger partial charge in [-0.3, -0.25) is 4.74 Å². The first kappa shape index (κ1) is 24.7. The molecule has 0 saturated heterocycles. The molecule has 126 valence electrons. The van der Waals surface area contributed by atoms with E-state index < -0.39 is 6.36 Å². The van der Waals surface area contributed by atoms with Gasteiger partial charge < -0.3 is 4.90 Å². The van der Waals surface area contributed by atoms with Crippen LogP contribution in [0.2, 0.25) is 0 Å². The molecule has 0 fully saturated rings. The van der Waals surface area contributed by atoms with Gasteiger partial charge in [0.25, 0.3) is 0 Å². The third kappa shape index (κ3) is 30.6. The molecule has 0 aliphatic rings. The molecular weight excluding hydrogens is 267 g/mol. The maximum Gasteiger partial charge on any atom is 0.522 e. The third-order valence-electron chi connectivity index (χ3n) is 2.30. The number of nitrogens with zero attached hydrogens (tertiary/aromatic N) is 1. The molecule has 0 saturated carbocycles. The number of hydrogen-bond donors (Lipinski definition) is 0. The number of halogens is 3. The number of unbranched alkanes of at least 4 members (excludes halogenated alkanes) is 3. The quantitative estimate of drug-likeness (QED) is 0.551. The van der Waals surface area contributed by atoms with Gasteiger partial charge in [-0.15, -0.1) is 13.2 Å². The summed E-state index contributed by atoms with van der Waals surface area (Å²) in [5, 5.41) is 0. The Hall–Kier alpha value is -0.290. The van der Waals surface area contributed by atoms with E-state index >= 15 is 0 Å². The summed E-state index contributed by atoms with van der Waals surface area (Å²) in [4.78, 5) is 1.80. The van der Waals surface area contributed by atoms with Gasteiger partial charge in [0.1, 0.15) is 0 Å². The van der Waals surface area contributed by atoms with E-state index in [1.807, 2.05) is 20.8 Å². The predicted molar refractivity (Wildman–Crippen MR) is 81.0 cm³/mol. The van der Waals surface area contributed by atoms with Gasteiger partial charge in [0, 0.05) is 6.54 Å². The van der Waals surface area contributed by atoms with Crippen molar-refractivity contribution in [3.63, 3.8) is 0 Å². The first-order valence-electron chi connectivity index (χ1n) is 7.76. The van der Waals surface area contributed by atoms with Gasteiger partial charge in [-0.2, -0.15) is 0 Å². The highest BCUT2D eigenvalue weighted by atomic mass is 19.4. The molecule has 2 nitrogen and oxygen atoms in total. The Kier molecular flexibility index (Phi) is 23.1. The van der Waals surface area contributed by atoms with Crippen LogP contribution in [0, 0.1) is 0 Å². The molecule has 0 aliphatic heterocycles. The maximum absolute atomic E-state index is 11.5. The lowest BCUT2D eigenvalue weighted by Gasteiger charge is -2.15. The molecule has 0 aromatic rings. The molecule has 0 N–H and O–H groups in total. The van der Waals surface area contributed by atoms with Crippen LogP contribution in [0.3, 0.4) is 0 Å². The van der Waals surface area contributed by atoms with Crippen molar-refractivity contribution >= 4 is 0 Å². The summed E-state index contributed by atoms with van der Waals surface area (Å²) in [6.07, 6.45) is 1.98. The van der Waals surface area contributed by atoms with Gasteiger partial charge in [0.05, 0.1) is 6.61 Å². The molecule has 0 aromatic carbocycles. The van der Waals surface area contributed by atoms with E-state index in [0.717, 1.165) is 13.0 Å². The van der Waals surface area contributed by atoms with E-state index in [0.29, 0.717) is 6.54 Å². The fraction of sp³-hybridized carbons (Fsp3) is 1.00. The number of hydrogen-bond acceptors (Lipinski definition) is 2. The molecule has 0 atom stereocenters. The first-order valence-corrected chi connectivity index (χ1v) is 7.76. The second-order valence-corrected chi connectivity index (χ2v) is 4.30. The average Bonchev–Trinajstić information content (AvgIpc) is 2.38. The van der Waals surface area contributed by atoms with Crippen LogP contribution >= 0.6 is 0 Å². The Morgan fingerprint density at radius 2 is 1.30 bits per heavy atom. The van der Waals surface area contributed by atoms with Crippen molar-refractivity contribution in [1.29, 1.82) is 0 Å². The number of alkyl halides is 3. The van der Waals surface area contributed by atoms with E-state index in [4.69, 9.17) is 0 Å². The highest BCUT2D eigenvalue weighted by Gasteiger charge is 2.28. The van der Waals surface area contributed by atoms with E-state index in [9.17, 15) is 13.2 Å². The zero-order valence-electron chi connectivity index (χ0n) is 14.1. The van der Waals surface area contributed by atoms with Crippen molar-refractivity contribution < 1.29 is 17.9 Å². The molecule has 20 heavy (non-hydrogen) atoms. The van der Waals surface area contributed by atoms with Crippen LogP contribution in [-0.2, 0) is 4.74 Å². The molecule has 0 aromatic heterocycles. The van der Waals surface area contributed by atoms with Crippen LogP contribution < -0.4 is 0 Å². The number of ether oxygens (including phenoxy) is 1. The summed E-state index contributed by atoms with van der Waals surface area (Å²) in [5.41, 5.74) is 0. The van der Waals surface area contributed by atoms with Crippen molar-refractivity contribution in [1.82, 2.24) is 4.90 Å². The molecule has 0 rings (SSSR count). The van der Waals surface area contributed by atoms with Crippen LogP contribution in [0.15, 0.2) is 0 Å². The van der Waals surface area contributed by atoms with E-state index in [2.05, 4.69) is 18.6 Å². The number of rotatable bonds is 8. The zero-order valence-corrected chi connectivity index (χ0v) is 14.1. The highest BCUT2D eigenvalue weighted by molar-refractivity contribution is 4.48. The molecule has 0 bridgehead atoms. The van der Waals surface area contributed by atoms with Crippen LogP contribution in [-0.4, -0.2) is 38.0 Å². The smallest absolute Gasteiger partial charge is 0.304 e. The van der Waals surface area contributed by atoms with Crippen molar-refractivity contribution in [3.05, 3.63) is 0 Å². The van der Waals surface area contributed by atoms with Crippen molar-refractivity contribution in [2.45, 2.75) is 73.1 Å². The molecule has 0 unspecified atom stereocenters. The first-order chi connectivity index (χ1) is 9.37. The Balaban J connectivity index is -0.000000304. The molecular formula is C15H34F3NO. The van der Waals surface area contributed by atoms with Gasteiger partial charge in [-0.05, 0) is 20.0 Å². The fourth-order valence-electron chi connectivity index (χ4n) is 1.31. The topological polar surface area (TPSA) is 12.5 Å². The molecule has 5 heteroatoms. The molecule has 0 aliphatic carbocycles. The molecule has 0 radical (unpaired) electrons. The second kappa shape index (κ2) is 18.7. The van der Waals surface area contributed by atoms with Crippen molar-refractivity contribution in [2.24, 2.45) is 0 Å². The fourth-order valence-corrected chi connectivity index (χ4v) is 1.31. The summed E-state index contributed by atoms with van der Waals surface area (Å²) in [5.74, 6) is 0. The predicted octanol–water partition coefficient (Wildman–Crippen LogP) is 5.48. The van der Waals surface area contributed by atoms with Crippen molar-refractivity contribution in [3.8, 4) is 0 Å². The number of likely N-dealkylation sites (N-methyl/N-ethyl adjacent to an activating group) is 1. The van der Waals surface area contributed by atoms with Crippen LogP contribution in [0.5, 0.6) is 0 Å². The van der Waals surface area contributed by atoms with E-state index in [1.54, 1.807) is 11.9 Å².